The van der Waals surface area contributed by atoms with E-state index < -0.39 is 0 Å². The van der Waals surface area contributed by atoms with Crippen LogP contribution in [0.25, 0.3) is 22.2 Å². The summed E-state index contributed by atoms with van der Waals surface area (Å²) in [5.41, 5.74) is 5.67. The van der Waals surface area contributed by atoms with Gasteiger partial charge in [-0.15, -0.1) is 0 Å². The van der Waals surface area contributed by atoms with Crippen LogP contribution in [-0.4, -0.2) is 58.1 Å². The van der Waals surface area contributed by atoms with Gasteiger partial charge in [0, 0.05) is 48.5 Å². The van der Waals surface area contributed by atoms with Gasteiger partial charge in [0.25, 0.3) is 0 Å². The van der Waals surface area contributed by atoms with Crippen LogP contribution < -0.4 is 16.0 Å². The molecule has 3 N–H and O–H groups in total. The van der Waals surface area contributed by atoms with Gasteiger partial charge < -0.3 is 16.0 Å². The molecule has 0 unspecified atom stereocenters. The molecule has 4 aromatic rings. The van der Waals surface area contributed by atoms with Crippen molar-refractivity contribution in [3.05, 3.63) is 79.6 Å². The molecule has 1 saturated heterocycles. The maximum atomic E-state index is 12.4. The van der Waals surface area contributed by atoms with Crippen LogP contribution >= 0.6 is 0 Å². The number of halogens is 1. The Morgan fingerprint density at radius 2 is 1.89 bits per heavy atom. The van der Waals surface area contributed by atoms with E-state index >= 15 is 0 Å². The number of nitrogens with one attached hydrogen (secondary N) is 3. The first-order valence-corrected chi connectivity index (χ1v) is 11.7. The molecule has 5 rings (SSSR count). The van der Waals surface area contributed by atoms with Gasteiger partial charge >= 0.3 is 0 Å². The summed E-state index contributed by atoms with van der Waals surface area (Å²) in [6.45, 7) is 5.40. The Hall–Kier alpha value is -4.37. The average Bonchev–Trinajstić information content (AvgIpc) is 2.88. The number of pyridine rings is 1. The van der Waals surface area contributed by atoms with E-state index in [1.54, 1.807) is 12.4 Å². The van der Waals surface area contributed by atoms with Gasteiger partial charge in [0.2, 0.25) is 11.9 Å². The van der Waals surface area contributed by atoms with E-state index in [9.17, 15) is 9.18 Å². The van der Waals surface area contributed by atoms with Crippen molar-refractivity contribution in [2.75, 3.05) is 42.3 Å². The van der Waals surface area contributed by atoms with E-state index in [0.29, 0.717) is 35.3 Å². The Morgan fingerprint density at radius 1 is 1.08 bits per heavy atom. The molecule has 0 aliphatic carbocycles. The monoisotopic (exact) mass is 483 g/mol. The van der Waals surface area contributed by atoms with Crippen LogP contribution in [0.3, 0.4) is 0 Å². The molecule has 1 aliphatic heterocycles. The lowest BCUT2D eigenvalue weighted by atomic mass is 10.0. The lowest BCUT2D eigenvalue weighted by Gasteiger charge is -2.39. The molecule has 0 bridgehead atoms. The lowest BCUT2D eigenvalue weighted by Crippen LogP contribution is -2.55. The third-order valence-corrected chi connectivity index (χ3v) is 5.98. The first kappa shape index (κ1) is 23.4. The van der Waals surface area contributed by atoms with Crippen LogP contribution in [0.4, 0.5) is 27.4 Å². The summed E-state index contributed by atoms with van der Waals surface area (Å²) in [5.74, 6) is 0.183. The Kier molecular flexibility index (Phi) is 6.81. The molecule has 8 nitrogen and oxygen atoms in total. The number of carbonyl (C=O) groups excluding carboxylic acids is 1. The van der Waals surface area contributed by atoms with Crippen LogP contribution in [0.1, 0.15) is 0 Å². The third kappa shape index (κ3) is 5.31. The molecular formula is C27H26FN7O. The van der Waals surface area contributed by atoms with Crippen LogP contribution in [0.5, 0.6) is 0 Å². The minimum Gasteiger partial charge on any atom is -0.380 e. The van der Waals surface area contributed by atoms with Crippen molar-refractivity contribution in [3.63, 3.8) is 0 Å². The van der Waals surface area contributed by atoms with Gasteiger partial charge in [-0.25, -0.2) is 14.4 Å². The molecule has 1 fully saturated rings. The highest BCUT2D eigenvalue weighted by atomic mass is 19.1. The highest BCUT2D eigenvalue weighted by Gasteiger charge is 2.25. The number of aromatic nitrogens is 3. The number of hydrogen-bond acceptors (Lipinski definition) is 7. The van der Waals surface area contributed by atoms with Gasteiger partial charge in [-0.05, 0) is 54.1 Å². The van der Waals surface area contributed by atoms with Gasteiger partial charge in [-0.3, -0.25) is 14.7 Å². The van der Waals surface area contributed by atoms with E-state index in [-0.39, 0.29) is 12.6 Å². The van der Waals surface area contributed by atoms with E-state index in [1.807, 2.05) is 54.6 Å². The van der Waals surface area contributed by atoms with E-state index in [4.69, 9.17) is 4.98 Å². The van der Waals surface area contributed by atoms with Crippen molar-refractivity contribution in [3.8, 4) is 11.1 Å². The minimum absolute atomic E-state index is 0.270. The minimum atomic E-state index is -0.304. The smallest absolute Gasteiger partial charge is 0.247 e. The zero-order chi connectivity index (χ0) is 24.9. The quantitative estimate of drug-likeness (QED) is 0.299. The van der Waals surface area contributed by atoms with E-state index in [2.05, 4.69) is 37.4 Å². The third-order valence-electron chi connectivity index (χ3n) is 5.98. The summed E-state index contributed by atoms with van der Waals surface area (Å²) in [6, 6.07) is 17.7. The summed E-state index contributed by atoms with van der Waals surface area (Å²) < 4.78 is 12.4. The fourth-order valence-electron chi connectivity index (χ4n) is 4.17. The zero-order valence-corrected chi connectivity index (χ0v) is 19.6. The van der Waals surface area contributed by atoms with Gasteiger partial charge in [0.05, 0.1) is 12.2 Å². The van der Waals surface area contributed by atoms with Gasteiger partial charge in [-0.1, -0.05) is 18.7 Å². The highest BCUT2D eigenvalue weighted by Crippen LogP contribution is 2.29. The standard InChI is InChI=1S/C27H26FN7O/c1-2-25(36)32-21-5-3-4-18(14-21)23-10-12-29-24-15-30-27(34-26(23)24)33-20-8-6-19(7-9-20)31-22-16-35(17-22)13-11-28/h2-10,12,14-15,22,31H,1,11,13,16-17H2,(H,32,36)(H,30,33,34). The Balaban J connectivity index is 1.32. The first-order valence-electron chi connectivity index (χ1n) is 11.7. The van der Waals surface area contributed by atoms with Crippen molar-refractivity contribution < 1.29 is 9.18 Å². The molecule has 182 valence electrons. The number of likely N-dealkylation sites (tertiary alicyclic amines) is 1. The first-order chi connectivity index (χ1) is 17.6. The number of fused-ring (bicyclic) bond motifs is 1. The Labute approximate surface area is 208 Å². The Bertz CT molecular complexity index is 1390. The number of hydrogen-bond donors (Lipinski definition) is 3. The van der Waals surface area contributed by atoms with Crippen molar-refractivity contribution in [1.29, 1.82) is 0 Å². The number of benzene rings is 2. The van der Waals surface area contributed by atoms with Crippen molar-refractivity contribution >= 4 is 40.0 Å². The Morgan fingerprint density at radius 3 is 2.67 bits per heavy atom. The van der Waals surface area contributed by atoms with Crippen molar-refractivity contribution in [1.82, 2.24) is 19.9 Å². The fraction of sp³-hybridized carbons (Fsp3) is 0.185. The van der Waals surface area contributed by atoms with Crippen molar-refractivity contribution in [2.24, 2.45) is 0 Å². The SMILES string of the molecule is C=CC(=O)Nc1cccc(-c2ccnc3cnc(Nc4ccc(NC5CN(CCF)C5)cc4)nc23)c1. The number of rotatable bonds is 9. The summed E-state index contributed by atoms with van der Waals surface area (Å²) in [7, 11) is 0. The summed E-state index contributed by atoms with van der Waals surface area (Å²) >= 11 is 0. The second kappa shape index (κ2) is 10.5. The predicted molar refractivity (Wildman–Crippen MR) is 141 cm³/mol. The number of anilines is 4. The number of amides is 1. The summed E-state index contributed by atoms with van der Waals surface area (Å²) in [5, 5.41) is 9.51. The highest BCUT2D eigenvalue weighted by molar-refractivity contribution is 6.00. The summed E-state index contributed by atoms with van der Waals surface area (Å²) in [4.78, 5) is 27.3. The normalized spacial score (nSPS) is 13.7. The molecule has 0 spiro atoms. The van der Waals surface area contributed by atoms with Gasteiger partial charge in [0.15, 0.2) is 0 Å². The van der Waals surface area contributed by atoms with E-state index in [1.165, 1.54) is 6.08 Å². The molecule has 0 radical (unpaired) electrons. The van der Waals surface area contributed by atoms with Crippen LogP contribution in [-0.2, 0) is 4.79 Å². The molecule has 2 aromatic carbocycles. The average molecular weight is 484 g/mol. The van der Waals surface area contributed by atoms with Crippen LogP contribution in [0.2, 0.25) is 0 Å². The second-order valence-corrected chi connectivity index (χ2v) is 8.55. The summed E-state index contributed by atoms with van der Waals surface area (Å²) in [6.07, 6.45) is 4.64. The molecular weight excluding hydrogens is 457 g/mol. The molecule has 1 amide bonds. The van der Waals surface area contributed by atoms with Gasteiger partial charge in [0.1, 0.15) is 17.7 Å². The van der Waals surface area contributed by atoms with Crippen LogP contribution in [0.15, 0.2) is 79.6 Å². The topological polar surface area (TPSA) is 95.1 Å². The number of alkyl halides is 1. The lowest BCUT2D eigenvalue weighted by molar-refractivity contribution is -0.111. The van der Waals surface area contributed by atoms with E-state index in [0.717, 1.165) is 35.6 Å². The molecule has 1 aliphatic rings. The zero-order valence-electron chi connectivity index (χ0n) is 19.6. The molecule has 2 aromatic heterocycles. The van der Waals surface area contributed by atoms with Gasteiger partial charge in [-0.2, -0.15) is 0 Å². The number of carbonyl (C=O) groups is 1. The molecule has 0 atom stereocenters. The van der Waals surface area contributed by atoms with Crippen molar-refractivity contribution in [2.45, 2.75) is 6.04 Å². The fourth-order valence-corrected chi connectivity index (χ4v) is 4.17. The van der Waals surface area contributed by atoms with Crippen LogP contribution in [0, 0.1) is 0 Å². The molecule has 9 heteroatoms. The maximum Gasteiger partial charge on any atom is 0.247 e. The number of nitrogens with zero attached hydrogens (tertiary/aromatic N) is 4. The second-order valence-electron chi connectivity index (χ2n) is 8.55. The maximum absolute atomic E-state index is 12.4. The largest absolute Gasteiger partial charge is 0.380 e. The predicted octanol–water partition coefficient (Wildman–Crippen LogP) is 4.63. The molecule has 36 heavy (non-hydrogen) atoms. The molecule has 3 heterocycles. The molecule has 0 saturated carbocycles.